The summed E-state index contributed by atoms with van der Waals surface area (Å²) < 4.78 is 5.29. The molecule has 5 heteroatoms. The van der Waals surface area contributed by atoms with Gasteiger partial charge in [0.15, 0.2) is 0 Å². The summed E-state index contributed by atoms with van der Waals surface area (Å²) in [5, 5.41) is 9.33. The number of hydrogen-bond acceptors (Lipinski definition) is 3. The molecule has 0 aromatic rings. The van der Waals surface area contributed by atoms with E-state index >= 15 is 0 Å². The van der Waals surface area contributed by atoms with E-state index in [1.807, 2.05) is 0 Å². The molecule has 1 N–H and O–H groups in total. The molecule has 2 fully saturated rings. The van der Waals surface area contributed by atoms with Crippen LogP contribution in [0.25, 0.3) is 0 Å². The number of ether oxygens (including phenoxy) is 1. The van der Waals surface area contributed by atoms with E-state index in [1.165, 1.54) is 4.90 Å². The van der Waals surface area contributed by atoms with Crippen LogP contribution < -0.4 is 0 Å². The fourth-order valence-corrected chi connectivity index (χ4v) is 3.13. The van der Waals surface area contributed by atoms with Crippen molar-refractivity contribution in [2.24, 2.45) is 11.8 Å². The minimum Gasteiger partial charge on any atom is -0.480 e. The number of aliphatic carboxylic acids is 1. The Morgan fingerprint density at radius 3 is 2.50 bits per heavy atom. The molecular weight excluding hydrogens is 234 g/mol. The lowest BCUT2D eigenvalue weighted by Gasteiger charge is -2.28. The molecule has 0 spiro atoms. The monoisotopic (exact) mass is 255 g/mol. The van der Waals surface area contributed by atoms with E-state index in [2.05, 4.69) is 0 Å². The topological polar surface area (TPSA) is 66.8 Å². The molecule has 1 saturated heterocycles. The summed E-state index contributed by atoms with van der Waals surface area (Å²) in [5.41, 5.74) is -0.585. The average Bonchev–Trinajstić information content (AvgIpc) is 2.70. The van der Waals surface area contributed by atoms with Gasteiger partial charge in [0.05, 0.1) is 0 Å². The van der Waals surface area contributed by atoms with Crippen LogP contribution in [0.1, 0.15) is 40.0 Å². The number of nitrogens with zero attached hydrogens (tertiary/aromatic N) is 1. The number of carboxylic acids is 1. The van der Waals surface area contributed by atoms with E-state index in [1.54, 1.807) is 20.8 Å². The quantitative estimate of drug-likeness (QED) is 0.779. The Kier molecular flexibility index (Phi) is 3.25. The van der Waals surface area contributed by atoms with Crippen molar-refractivity contribution < 1.29 is 19.4 Å². The van der Waals surface area contributed by atoms with Crippen molar-refractivity contribution in [2.75, 3.05) is 6.54 Å². The zero-order valence-electron chi connectivity index (χ0n) is 11.2. The van der Waals surface area contributed by atoms with E-state index in [0.717, 1.165) is 19.3 Å². The van der Waals surface area contributed by atoms with Gasteiger partial charge < -0.3 is 9.84 Å². The Morgan fingerprint density at radius 2 is 1.94 bits per heavy atom. The first kappa shape index (κ1) is 13.2. The molecule has 2 unspecified atom stereocenters. The van der Waals surface area contributed by atoms with Gasteiger partial charge >= 0.3 is 12.1 Å². The molecule has 5 nitrogen and oxygen atoms in total. The number of rotatable bonds is 1. The van der Waals surface area contributed by atoms with Gasteiger partial charge in [0.25, 0.3) is 0 Å². The van der Waals surface area contributed by atoms with Crippen LogP contribution >= 0.6 is 0 Å². The minimum atomic E-state index is -0.907. The molecule has 2 aliphatic rings. The zero-order chi connectivity index (χ0) is 13.5. The van der Waals surface area contributed by atoms with Gasteiger partial charge in [-0.2, -0.15) is 0 Å². The summed E-state index contributed by atoms with van der Waals surface area (Å²) >= 11 is 0. The van der Waals surface area contributed by atoms with Gasteiger partial charge in [-0.25, -0.2) is 9.59 Å². The van der Waals surface area contributed by atoms with Crippen LogP contribution in [-0.2, 0) is 9.53 Å². The molecule has 0 radical (unpaired) electrons. The Morgan fingerprint density at radius 1 is 1.28 bits per heavy atom. The SMILES string of the molecule is CC(C)(C)OC(=O)N1CC2CCC[C@@H]2C1C(=O)O. The van der Waals surface area contributed by atoms with Crippen LogP contribution in [0.4, 0.5) is 4.79 Å². The van der Waals surface area contributed by atoms with Gasteiger partial charge in [-0.3, -0.25) is 4.90 Å². The maximum absolute atomic E-state index is 12.0. The zero-order valence-corrected chi connectivity index (χ0v) is 11.2. The summed E-state index contributed by atoms with van der Waals surface area (Å²) in [6.07, 6.45) is 2.50. The minimum absolute atomic E-state index is 0.106. The van der Waals surface area contributed by atoms with Crippen molar-refractivity contribution in [3.05, 3.63) is 0 Å². The highest BCUT2D eigenvalue weighted by atomic mass is 16.6. The number of hydrogen-bond donors (Lipinski definition) is 1. The molecule has 1 saturated carbocycles. The maximum Gasteiger partial charge on any atom is 0.411 e. The molecule has 18 heavy (non-hydrogen) atoms. The highest BCUT2D eigenvalue weighted by molar-refractivity contribution is 5.81. The Hall–Kier alpha value is -1.26. The fraction of sp³-hybridized carbons (Fsp3) is 0.846. The number of carbonyl (C=O) groups is 2. The third-order valence-electron chi connectivity index (χ3n) is 3.77. The summed E-state index contributed by atoms with van der Waals surface area (Å²) in [6.45, 7) is 5.89. The van der Waals surface area contributed by atoms with Gasteiger partial charge in [0, 0.05) is 6.54 Å². The molecular formula is C13H21NO4. The van der Waals surface area contributed by atoms with E-state index in [4.69, 9.17) is 4.74 Å². The first-order valence-corrected chi connectivity index (χ1v) is 6.52. The summed E-state index contributed by atoms with van der Waals surface area (Å²) in [6, 6.07) is -0.702. The Balaban J connectivity index is 2.12. The fourth-order valence-electron chi connectivity index (χ4n) is 3.13. The van der Waals surface area contributed by atoms with Crippen LogP contribution in [0, 0.1) is 11.8 Å². The molecule has 1 aliphatic carbocycles. The van der Waals surface area contributed by atoms with E-state index in [9.17, 15) is 14.7 Å². The van der Waals surface area contributed by atoms with Crippen LogP contribution in [0.3, 0.4) is 0 Å². The van der Waals surface area contributed by atoms with Gasteiger partial charge in [-0.05, 0) is 45.4 Å². The highest BCUT2D eigenvalue weighted by Gasteiger charge is 2.50. The van der Waals surface area contributed by atoms with Crippen LogP contribution in [0.5, 0.6) is 0 Å². The van der Waals surface area contributed by atoms with Gasteiger partial charge in [-0.1, -0.05) is 6.42 Å². The average molecular weight is 255 g/mol. The Bertz CT molecular complexity index is 360. The molecule has 1 heterocycles. The summed E-state index contributed by atoms with van der Waals surface area (Å²) in [4.78, 5) is 24.8. The lowest BCUT2D eigenvalue weighted by molar-refractivity contribution is -0.143. The van der Waals surface area contributed by atoms with Crippen LogP contribution in [-0.4, -0.2) is 40.3 Å². The second-order valence-corrected chi connectivity index (χ2v) is 6.27. The standard InChI is InChI=1S/C13H21NO4/c1-13(2,3)18-12(17)14-7-8-5-4-6-9(8)10(14)11(15)16/h8-10H,4-7H2,1-3H3,(H,15,16)/t8?,9-,10?/m0/s1. The smallest absolute Gasteiger partial charge is 0.411 e. The number of amides is 1. The molecule has 3 atom stereocenters. The van der Waals surface area contributed by atoms with Crippen LogP contribution in [0.2, 0.25) is 0 Å². The number of carboxylic acid groups (broad SMARTS) is 1. The lowest BCUT2D eigenvalue weighted by atomic mass is 9.94. The summed E-state index contributed by atoms with van der Waals surface area (Å²) in [5.74, 6) is -0.469. The van der Waals surface area contributed by atoms with Gasteiger partial charge in [-0.15, -0.1) is 0 Å². The lowest BCUT2D eigenvalue weighted by Crippen LogP contribution is -2.45. The predicted octanol–water partition coefficient (Wildman–Crippen LogP) is 2.11. The van der Waals surface area contributed by atoms with Crippen molar-refractivity contribution in [1.82, 2.24) is 4.90 Å². The predicted molar refractivity (Wildman–Crippen MR) is 65.2 cm³/mol. The molecule has 102 valence electrons. The molecule has 0 aromatic carbocycles. The highest BCUT2D eigenvalue weighted by Crippen LogP contribution is 2.42. The summed E-state index contributed by atoms with van der Waals surface area (Å²) in [7, 11) is 0. The number of carbonyl (C=O) groups excluding carboxylic acids is 1. The van der Waals surface area contributed by atoms with E-state index in [0.29, 0.717) is 12.5 Å². The third-order valence-corrected chi connectivity index (χ3v) is 3.77. The molecule has 0 aromatic heterocycles. The van der Waals surface area contributed by atoms with Crippen molar-refractivity contribution in [3.63, 3.8) is 0 Å². The van der Waals surface area contributed by atoms with Crippen molar-refractivity contribution in [1.29, 1.82) is 0 Å². The second-order valence-electron chi connectivity index (χ2n) is 6.27. The number of fused-ring (bicyclic) bond motifs is 1. The van der Waals surface area contributed by atoms with Gasteiger partial charge in [0.1, 0.15) is 11.6 Å². The van der Waals surface area contributed by atoms with Gasteiger partial charge in [0.2, 0.25) is 0 Å². The van der Waals surface area contributed by atoms with Crippen molar-refractivity contribution in [2.45, 2.75) is 51.7 Å². The van der Waals surface area contributed by atoms with Crippen molar-refractivity contribution in [3.8, 4) is 0 Å². The van der Waals surface area contributed by atoms with E-state index in [-0.39, 0.29) is 5.92 Å². The molecule has 2 rings (SSSR count). The van der Waals surface area contributed by atoms with E-state index < -0.39 is 23.7 Å². The van der Waals surface area contributed by atoms with Crippen LogP contribution in [0.15, 0.2) is 0 Å². The Labute approximate surface area is 107 Å². The molecule has 1 aliphatic heterocycles. The second kappa shape index (κ2) is 4.44. The maximum atomic E-state index is 12.0. The third kappa shape index (κ3) is 2.44. The largest absolute Gasteiger partial charge is 0.480 e. The first-order valence-electron chi connectivity index (χ1n) is 6.52. The number of likely N-dealkylation sites (tertiary alicyclic amines) is 1. The first-order chi connectivity index (χ1) is 8.29. The molecule has 0 bridgehead atoms. The van der Waals surface area contributed by atoms with Crippen molar-refractivity contribution >= 4 is 12.1 Å². The normalized spacial score (nSPS) is 31.3. The molecule has 1 amide bonds.